The van der Waals surface area contributed by atoms with E-state index in [2.05, 4.69) is 18.2 Å². The Morgan fingerprint density at radius 2 is 1.48 bits per heavy atom. The molecule has 104 valence electrons. The maximum Gasteiger partial charge on any atom is 0.310 e. The summed E-state index contributed by atoms with van der Waals surface area (Å²) in [4.78, 5) is 11.3. The van der Waals surface area contributed by atoms with Crippen molar-refractivity contribution >= 4 is 16.7 Å². The third-order valence-electron chi connectivity index (χ3n) is 3.88. The van der Waals surface area contributed by atoms with Gasteiger partial charge in [0.05, 0.1) is 5.92 Å². The molecule has 2 nitrogen and oxygen atoms in total. The van der Waals surface area contributed by atoms with Crippen LogP contribution in [0, 0.1) is 0 Å². The minimum Gasteiger partial charge on any atom is -0.481 e. The summed E-state index contributed by atoms with van der Waals surface area (Å²) in [6.45, 7) is 1.73. The molecule has 21 heavy (non-hydrogen) atoms. The van der Waals surface area contributed by atoms with E-state index in [0.29, 0.717) is 0 Å². The van der Waals surface area contributed by atoms with Crippen molar-refractivity contribution in [2.24, 2.45) is 0 Å². The average Bonchev–Trinajstić information content (AvgIpc) is 2.54. The highest BCUT2D eigenvalue weighted by molar-refractivity contribution is 6.00. The first-order valence-electron chi connectivity index (χ1n) is 6.98. The third kappa shape index (κ3) is 2.40. The van der Waals surface area contributed by atoms with Crippen molar-refractivity contribution in [2.75, 3.05) is 0 Å². The molecule has 2 heteroatoms. The van der Waals surface area contributed by atoms with Gasteiger partial charge in [0.15, 0.2) is 0 Å². The summed E-state index contributed by atoms with van der Waals surface area (Å²) in [5, 5.41) is 11.4. The molecule has 0 fully saturated rings. The molecule has 3 rings (SSSR count). The molecule has 0 radical (unpaired) electrons. The number of fused-ring (bicyclic) bond motifs is 1. The van der Waals surface area contributed by atoms with Crippen LogP contribution in [0.4, 0.5) is 0 Å². The van der Waals surface area contributed by atoms with Gasteiger partial charge in [0.25, 0.3) is 0 Å². The molecule has 1 atom stereocenters. The van der Waals surface area contributed by atoms with E-state index in [4.69, 9.17) is 0 Å². The number of carbonyl (C=O) groups is 1. The smallest absolute Gasteiger partial charge is 0.310 e. The van der Waals surface area contributed by atoms with Gasteiger partial charge in [0.2, 0.25) is 0 Å². The zero-order chi connectivity index (χ0) is 14.8. The molecule has 0 aliphatic heterocycles. The fourth-order valence-corrected chi connectivity index (χ4v) is 2.70. The lowest BCUT2D eigenvalue weighted by atomic mass is 9.90. The van der Waals surface area contributed by atoms with Gasteiger partial charge in [0.1, 0.15) is 0 Å². The molecule has 0 spiro atoms. The zero-order valence-corrected chi connectivity index (χ0v) is 11.8. The van der Waals surface area contributed by atoms with Crippen molar-refractivity contribution in [1.29, 1.82) is 0 Å². The highest BCUT2D eigenvalue weighted by Gasteiger charge is 2.17. The quantitative estimate of drug-likeness (QED) is 0.753. The first-order chi connectivity index (χ1) is 10.2. The van der Waals surface area contributed by atoms with Crippen molar-refractivity contribution in [3.8, 4) is 11.1 Å². The number of carboxylic acids is 1. The molecule has 3 aromatic rings. The third-order valence-corrected chi connectivity index (χ3v) is 3.88. The molecular formula is C19H16O2. The van der Waals surface area contributed by atoms with Crippen LogP contribution in [-0.2, 0) is 4.79 Å². The number of carboxylic acid groups (broad SMARTS) is 1. The van der Waals surface area contributed by atoms with E-state index in [9.17, 15) is 9.90 Å². The topological polar surface area (TPSA) is 37.3 Å². The predicted molar refractivity (Wildman–Crippen MR) is 85.4 cm³/mol. The van der Waals surface area contributed by atoms with E-state index in [1.54, 1.807) is 6.92 Å². The van der Waals surface area contributed by atoms with Crippen LogP contribution < -0.4 is 0 Å². The van der Waals surface area contributed by atoms with Gasteiger partial charge in [-0.15, -0.1) is 0 Å². The van der Waals surface area contributed by atoms with Gasteiger partial charge in [0, 0.05) is 0 Å². The molecule has 0 heterocycles. The Morgan fingerprint density at radius 1 is 0.857 bits per heavy atom. The van der Waals surface area contributed by atoms with E-state index < -0.39 is 11.9 Å². The molecule has 0 aliphatic rings. The summed E-state index contributed by atoms with van der Waals surface area (Å²) < 4.78 is 0. The predicted octanol–water partition coefficient (Wildman–Crippen LogP) is 4.69. The standard InChI is InChI=1S/C19H16O2/c1-13(19(20)21)15-11-12-16(14-7-3-2-4-8-14)18-10-6-5-9-17(15)18/h2-13H,1H3,(H,20,21)/t13-/m1/s1. The number of aliphatic carboxylic acids is 1. The minimum absolute atomic E-state index is 0.514. The van der Waals surface area contributed by atoms with Crippen molar-refractivity contribution < 1.29 is 9.90 Å². The van der Waals surface area contributed by atoms with Crippen LogP contribution in [0.1, 0.15) is 18.4 Å². The molecule has 0 bridgehead atoms. The van der Waals surface area contributed by atoms with E-state index in [0.717, 1.165) is 27.5 Å². The normalized spacial score (nSPS) is 12.2. The van der Waals surface area contributed by atoms with E-state index in [1.165, 1.54) is 0 Å². The van der Waals surface area contributed by atoms with Gasteiger partial charge in [-0.1, -0.05) is 66.7 Å². The number of benzene rings is 3. The lowest BCUT2D eigenvalue weighted by molar-refractivity contribution is -0.138. The van der Waals surface area contributed by atoms with E-state index in [1.807, 2.05) is 48.5 Å². The number of hydrogen-bond acceptors (Lipinski definition) is 1. The van der Waals surface area contributed by atoms with Crippen molar-refractivity contribution in [3.05, 3.63) is 72.3 Å². The summed E-state index contributed by atoms with van der Waals surface area (Å²) in [7, 11) is 0. The fourth-order valence-electron chi connectivity index (χ4n) is 2.70. The fraction of sp³-hybridized carbons (Fsp3) is 0.105. The van der Waals surface area contributed by atoms with Crippen LogP contribution in [0.2, 0.25) is 0 Å². The van der Waals surface area contributed by atoms with Gasteiger partial charge in [-0.25, -0.2) is 0 Å². The number of rotatable bonds is 3. The lowest BCUT2D eigenvalue weighted by Gasteiger charge is -2.14. The van der Waals surface area contributed by atoms with Crippen LogP contribution in [0.15, 0.2) is 66.7 Å². The summed E-state index contributed by atoms with van der Waals surface area (Å²) in [6.07, 6.45) is 0. The van der Waals surface area contributed by atoms with Gasteiger partial charge < -0.3 is 5.11 Å². The lowest BCUT2D eigenvalue weighted by Crippen LogP contribution is -2.08. The van der Waals surface area contributed by atoms with E-state index >= 15 is 0 Å². The highest BCUT2D eigenvalue weighted by Crippen LogP contribution is 2.33. The zero-order valence-electron chi connectivity index (χ0n) is 11.8. The first kappa shape index (κ1) is 13.4. The molecule has 0 saturated heterocycles. The summed E-state index contributed by atoms with van der Waals surface area (Å²) in [5.41, 5.74) is 3.13. The molecular weight excluding hydrogens is 260 g/mol. The monoisotopic (exact) mass is 276 g/mol. The maximum absolute atomic E-state index is 11.3. The molecule has 3 aromatic carbocycles. The first-order valence-corrected chi connectivity index (χ1v) is 6.98. The van der Waals surface area contributed by atoms with Gasteiger partial charge in [-0.2, -0.15) is 0 Å². The Morgan fingerprint density at radius 3 is 2.14 bits per heavy atom. The summed E-state index contributed by atoms with van der Waals surface area (Å²) in [6, 6.07) is 22.1. The summed E-state index contributed by atoms with van der Waals surface area (Å²) in [5.74, 6) is -1.31. The summed E-state index contributed by atoms with van der Waals surface area (Å²) >= 11 is 0. The second-order valence-corrected chi connectivity index (χ2v) is 5.17. The van der Waals surface area contributed by atoms with Crippen LogP contribution in [0.5, 0.6) is 0 Å². The van der Waals surface area contributed by atoms with Crippen LogP contribution in [-0.4, -0.2) is 11.1 Å². The Kier molecular flexibility index (Phi) is 3.44. The molecule has 0 amide bonds. The Bertz CT molecular complexity index is 791. The highest BCUT2D eigenvalue weighted by atomic mass is 16.4. The van der Waals surface area contributed by atoms with Crippen LogP contribution >= 0.6 is 0 Å². The van der Waals surface area contributed by atoms with Crippen LogP contribution in [0.3, 0.4) is 0 Å². The molecule has 0 aromatic heterocycles. The second kappa shape index (κ2) is 5.41. The maximum atomic E-state index is 11.3. The van der Waals surface area contributed by atoms with Crippen molar-refractivity contribution in [3.63, 3.8) is 0 Å². The average molecular weight is 276 g/mol. The van der Waals surface area contributed by atoms with Crippen LogP contribution in [0.25, 0.3) is 21.9 Å². The molecule has 0 aliphatic carbocycles. The molecule has 1 N–H and O–H groups in total. The number of hydrogen-bond donors (Lipinski definition) is 1. The van der Waals surface area contributed by atoms with E-state index in [-0.39, 0.29) is 0 Å². The Balaban J connectivity index is 2.27. The molecule has 0 saturated carbocycles. The van der Waals surface area contributed by atoms with Gasteiger partial charge in [-0.3, -0.25) is 4.79 Å². The van der Waals surface area contributed by atoms with Crippen molar-refractivity contribution in [2.45, 2.75) is 12.8 Å². The second-order valence-electron chi connectivity index (χ2n) is 5.17. The Hall–Kier alpha value is -2.61. The molecule has 0 unspecified atom stereocenters. The van der Waals surface area contributed by atoms with Gasteiger partial charge >= 0.3 is 5.97 Å². The van der Waals surface area contributed by atoms with Crippen molar-refractivity contribution in [1.82, 2.24) is 0 Å². The SMILES string of the molecule is C[C@@H](C(=O)O)c1ccc(-c2ccccc2)c2ccccc12. The van der Waals surface area contributed by atoms with Gasteiger partial charge in [-0.05, 0) is 34.4 Å². The Labute approximate surface area is 123 Å². The minimum atomic E-state index is -0.799. The largest absolute Gasteiger partial charge is 0.481 e.